The highest BCUT2D eigenvalue weighted by atomic mass is 16.5. The molecule has 0 aliphatic rings. The normalized spacial score (nSPS) is 11.9. The molecule has 4 heteroatoms. The van der Waals surface area contributed by atoms with Crippen molar-refractivity contribution in [3.63, 3.8) is 0 Å². The lowest BCUT2D eigenvalue weighted by molar-refractivity contribution is -0.144. The molecule has 0 radical (unpaired) electrons. The molecule has 82 valence electrons. The van der Waals surface area contributed by atoms with Gasteiger partial charge in [-0.3, -0.25) is 4.79 Å². The van der Waals surface area contributed by atoms with E-state index in [9.17, 15) is 9.90 Å². The number of rotatable bonds is 5. The summed E-state index contributed by atoms with van der Waals surface area (Å²) in [6, 6.07) is 9.20. The molecule has 0 amide bonds. The van der Waals surface area contributed by atoms with Crippen LogP contribution in [0.4, 0.5) is 5.69 Å². The number of carbonyl (C=O) groups excluding carboxylic acids is 1. The summed E-state index contributed by atoms with van der Waals surface area (Å²) in [6.45, 7) is 2.06. The predicted molar refractivity (Wildman–Crippen MR) is 57.3 cm³/mol. The fraction of sp³-hybridized carbons (Fsp3) is 0.364. The largest absolute Gasteiger partial charge is 0.466 e. The summed E-state index contributed by atoms with van der Waals surface area (Å²) in [5.74, 6) is -0.409. The maximum atomic E-state index is 11.0. The van der Waals surface area contributed by atoms with Gasteiger partial charge in [0.05, 0.1) is 13.0 Å². The minimum atomic E-state index is -0.911. The quantitative estimate of drug-likeness (QED) is 0.568. The number of para-hydroxylation sites is 1. The summed E-state index contributed by atoms with van der Waals surface area (Å²) in [4.78, 5) is 11.0. The van der Waals surface area contributed by atoms with Crippen molar-refractivity contribution in [1.29, 1.82) is 0 Å². The van der Waals surface area contributed by atoms with E-state index >= 15 is 0 Å². The maximum Gasteiger partial charge on any atom is 0.310 e. The SMILES string of the molecule is CCOC(=O)CC(O)Nc1ccccc1. The number of aliphatic hydroxyl groups is 1. The van der Waals surface area contributed by atoms with Crippen molar-refractivity contribution in [3.05, 3.63) is 30.3 Å². The lowest BCUT2D eigenvalue weighted by Gasteiger charge is -2.12. The molecule has 2 N–H and O–H groups in total. The minimum Gasteiger partial charge on any atom is -0.466 e. The number of carbonyl (C=O) groups is 1. The number of esters is 1. The molecule has 0 aliphatic heterocycles. The Kier molecular flexibility index (Phi) is 4.63. The zero-order chi connectivity index (χ0) is 11.1. The van der Waals surface area contributed by atoms with Crippen LogP contribution in [0.1, 0.15) is 13.3 Å². The first-order valence-electron chi connectivity index (χ1n) is 4.87. The molecule has 15 heavy (non-hydrogen) atoms. The van der Waals surface area contributed by atoms with E-state index in [1.807, 2.05) is 30.3 Å². The Balaban J connectivity index is 2.36. The Labute approximate surface area is 88.9 Å². The molecule has 0 bridgehead atoms. The van der Waals surface area contributed by atoms with Crippen molar-refractivity contribution in [2.75, 3.05) is 11.9 Å². The van der Waals surface area contributed by atoms with E-state index in [1.165, 1.54) is 0 Å². The van der Waals surface area contributed by atoms with E-state index in [2.05, 4.69) is 5.32 Å². The van der Waals surface area contributed by atoms with Crippen LogP contribution in [0.2, 0.25) is 0 Å². The number of ether oxygens (including phenoxy) is 1. The monoisotopic (exact) mass is 209 g/mol. The van der Waals surface area contributed by atoms with Gasteiger partial charge in [0, 0.05) is 5.69 Å². The molecule has 0 saturated heterocycles. The topological polar surface area (TPSA) is 58.6 Å². The molecule has 0 spiro atoms. The van der Waals surface area contributed by atoms with Crippen LogP contribution in [0.3, 0.4) is 0 Å². The van der Waals surface area contributed by atoms with Gasteiger partial charge in [-0.05, 0) is 19.1 Å². The van der Waals surface area contributed by atoms with Crippen molar-refractivity contribution >= 4 is 11.7 Å². The van der Waals surface area contributed by atoms with Gasteiger partial charge in [-0.25, -0.2) is 0 Å². The van der Waals surface area contributed by atoms with Crippen molar-refractivity contribution in [3.8, 4) is 0 Å². The molecule has 0 aromatic heterocycles. The van der Waals surface area contributed by atoms with Gasteiger partial charge in [0.15, 0.2) is 0 Å². The highest BCUT2D eigenvalue weighted by Gasteiger charge is 2.10. The highest BCUT2D eigenvalue weighted by molar-refractivity contribution is 5.70. The first-order chi connectivity index (χ1) is 7.22. The third-order valence-corrected chi connectivity index (χ3v) is 1.77. The molecular weight excluding hydrogens is 194 g/mol. The van der Waals surface area contributed by atoms with Crippen LogP contribution in [-0.4, -0.2) is 23.9 Å². The number of benzene rings is 1. The Hall–Kier alpha value is -1.55. The van der Waals surface area contributed by atoms with Gasteiger partial charge in [0.1, 0.15) is 6.23 Å². The smallest absolute Gasteiger partial charge is 0.310 e. The fourth-order valence-electron chi connectivity index (χ4n) is 1.16. The molecule has 4 nitrogen and oxygen atoms in total. The van der Waals surface area contributed by atoms with Gasteiger partial charge in [-0.15, -0.1) is 0 Å². The molecule has 1 aromatic carbocycles. The molecular formula is C11H15NO3. The molecule has 0 fully saturated rings. The lowest BCUT2D eigenvalue weighted by atomic mass is 10.3. The number of anilines is 1. The van der Waals surface area contributed by atoms with Crippen molar-refractivity contribution in [1.82, 2.24) is 0 Å². The maximum absolute atomic E-state index is 11.0. The second-order valence-electron chi connectivity index (χ2n) is 3.04. The molecule has 0 aliphatic carbocycles. The van der Waals surface area contributed by atoms with Gasteiger partial charge in [0.25, 0.3) is 0 Å². The van der Waals surface area contributed by atoms with E-state index in [0.717, 1.165) is 5.69 Å². The van der Waals surface area contributed by atoms with Gasteiger partial charge >= 0.3 is 5.97 Å². The first kappa shape index (κ1) is 11.5. The van der Waals surface area contributed by atoms with E-state index in [4.69, 9.17) is 4.74 Å². The zero-order valence-corrected chi connectivity index (χ0v) is 8.64. The Morgan fingerprint density at radius 3 is 2.73 bits per heavy atom. The van der Waals surface area contributed by atoms with Crippen LogP contribution >= 0.6 is 0 Å². The van der Waals surface area contributed by atoms with E-state index in [-0.39, 0.29) is 6.42 Å². The Bertz CT molecular complexity index is 300. The zero-order valence-electron chi connectivity index (χ0n) is 8.64. The van der Waals surface area contributed by atoms with Crippen molar-refractivity contribution in [2.24, 2.45) is 0 Å². The summed E-state index contributed by atoms with van der Waals surface area (Å²) < 4.78 is 4.71. The third kappa shape index (κ3) is 4.46. The van der Waals surface area contributed by atoms with Crippen LogP contribution < -0.4 is 5.32 Å². The Morgan fingerprint density at radius 2 is 2.13 bits per heavy atom. The first-order valence-corrected chi connectivity index (χ1v) is 4.87. The summed E-state index contributed by atoms with van der Waals surface area (Å²) in [6.07, 6.45) is -0.964. The van der Waals surface area contributed by atoms with Crippen molar-refractivity contribution < 1.29 is 14.6 Å². The van der Waals surface area contributed by atoms with Crippen LogP contribution in [0.25, 0.3) is 0 Å². The van der Waals surface area contributed by atoms with E-state index in [0.29, 0.717) is 6.61 Å². The number of hydrogen-bond acceptors (Lipinski definition) is 4. The third-order valence-electron chi connectivity index (χ3n) is 1.77. The number of nitrogens with one attached hydrogen (secondary N) is 1. The van der Waals surface area contributed by atoms with Crippen LogP contribution in [-0.2, 0) is 9.53 Å². The average Bonchev–Trinajstić information content (AvgIpc) is 2.19. The number of hydrogen-bond donors (Lipinski definition) is 2. The van der Waals surface area contributed by atoms with E-state index in [1.54, 1.807) is 6.92 Å². The predicted octanol–water partition coefficient (Wildman–Crippen LogP) is 1.37. The lowest BCUT2D eigenvalue weighted by Crippen LogP contribution is -2.23. The summed E-state index contributed by atoms with van der Waals surface area (Å²) >= 11 is 0. The summed E-state index contributed by atoms with van der Waals surface area (Å²) in [5, 5.41) is 12.3. The Morgan fingerprint density at radius 1 is 1.47 bits per heavy atom. The highest BCUT2D eigenvalue weighted by Crippen LogP contribution is 2.07. The molecule has 0 saturated carbocycles. The van der Waals surface area contributed by atoms with Gasteiger partial charge in [0.2, 0.25) is 0 Å². The summed E-state index contributed by atoms with van der Waals surface area (Å²) in [7, 11) is 0. The minimum absolute atomic E-state index is 0.0528. The van der Waals surface area contributed by atoms with Crippen molar-refractivity contribution in [2.45, 2.75) is 19.6 Å². The number of aliphatic hydroxyl groups excluding tert-OH is 1. The molecule has 1 unspecified atom stereocenters. The molecule has 1 atom stereocenters. The van der Waals surface area contributed by atoms with Gasteiger partial charge in [-0.2, -0.15) is 0 Å². The average molecular weight is 209 g/mol. The van der Waals surface area contributed by atoms with Gasteiger partial charge in [-0.1, -0.05) is 18.2 Å². The van der Waals surface area contributed by atoms with Crippen LogP contribution in [0.15, 0.2) is 30.3 Å². The van der Waals surface area contributed by atoms with Crippen LogP contribution in [0, 0.1) is 0 Å². The molecule has 1 aromatic rings. The fourth-order valence-corrected chi connectivity index (χ4v) is 1.16. The second kappa shape index (κ2) is 6.03. The van der Waals surface area contributed by atoms with Gasteiger partial charge < -0.3 is 15.2 Å². The molecule has 0 heterocycles. The van der Waals surface area contributed by atoms with Crippen LogP contribution in [0.5, 0.6) is 0 Å². The standard InChI is InChI=1S/C11H15NO3/c1-2-15-11(14)8-10(13)12-9-6-4-3-5-7-9/h3-7,10,12-13H,2,8H2,1H3. The molecule has 1 rings (SSSR count). The second-order valence-corrected chi connectivity index (χ2v) is 3.04. The summed E-state index contributed by atoms with van der Waals surface area (Å²) in [5.41, 5.74) is 0.772. The van der Waals surface area contributed by atoms with E-state index < -0.39 is 12.2 Å².